The second-order valence-corrected chi connectivity index (χ2v) is 3.11. The van der Waals surface area contributed by atoms with E-state index in [-0.39, 0.29) is 11.4 Å². The molecule has 0 fully saturated rings. The Hall–Kier alpha value is -1.47. The zero-order chi connectivity index (χ0) is 10.7. The molecular formula is C7H7NO5S. The molecule has 1 unspecified atom stereocenters. The molecule has 0 amide bonds. The van der Waals surface area contributed by atoms with Gasteiger partial charge in [0.25, 0.3) is 5.69 Å². The summed E-state index contributed by atoms with van der Waals surface area (Å²) >= 11 is -2.47. The molecule has 0 heterocycles. The smallest absolute Gasteiger partial charge is 0.357 e. The standard InChI is InChI=1S/C7H7NO5S/c1-5-2-3-6(8(9)10)4-7(5)13-14(11)12/h2-4H,1H3,(H,11,12). The van der Waals surface area contributed by atoms with E-state index in [2.05, 4.69) is 4.18 Å². The highest BCUT2D eigenvalue weighted by molar-refractivity contribution is 7.74. The van der Waals surface area contributed by atoms with Crippen molar-refractivity contribution < 1.29 is 17.9 Å². The van der Waals surface area contributed by atoms with Gasteiger partial charge in [0.2, 0.25) is 0 Å². The summed E-state index contributed by atoms with van der Waals surface area (Å²) in [6, 6.07) is 3.84. The molecule has 1 atom stereocenters. The molecule has 0 saturated heterocycles. The normalized spacial score (nSPS) is 12.1. The van der Waals surface area contributed by atoms with Crippen molar-refractivity contribution in [2.24, 2.45) is 0 Å². The van der Waals surface area contributed by atoms with Crippen LogP contribution in [0.3, 0.4) is 0 Å². The topological polar surface area (TPSA) is 89.7 Å². The second-order valence-electron chi connectivity index (χ2n) is 2.51. The van der Waals surface area contributed by atoms with Crippen molar-refractivity contribution in [3.05, 3.63) is 33.9 Å². The third-order valence-electron chi connectivity index (χ3n) is 1.54. The number of nitro benzene ring substituents is 1. The van der Waals surface area contributed by atoms with Crippen LogP contribution in [0.2, 0.25) is 0 Å². The van der Waals surface area contributed by atoms with Gasteiger partial charge >= 0.3 is 11.4 Å². The zero-order valence-electron chi connectivity index (χ0n) is 7.17. The van der Waals surface area contributed by atoms with Crippen molar-refractivity contribution in [2.45, 2.75) is 6.92 Å². The quantitative estimate of drug-likeness (QED) is 0.469. The van der Waals surface area contributed by atoms with Gasteiger partial charge in [-0.05, 0) is 18.6 Å². The molecule has 1 rings (SSSR count). The van der Waals surface area contributed by atoms with Gasteiger partial charge in [-0.3, -0.25) is 14.7 Å². The van der Waals surface area contributed by atoms with Crippen LogP contribution in [0.15, 0.2) is 18.2 Å². The van der Waals surface area contributed by atoms with E-state index in [1.54, 1.807) is 6.92 Å². The van der Waals surface area contributed by atoms with Crippen molar-refractivity contribution in [1.82, 2.24) is 0 Å². The first-order chi connectivity index (χ1) is 6.50. The van der Waals surface area contributed by atoms with Gasteiger partial charge in [0.1, 0.15) is 0 Å². The van der Waals surface area contributed by atoms with Crippen LogP contribution >= 0.6 is 0 Å². The van der Waals surface area contributed by atoms with Gasteiger partial charge in [-0.2, -0.15) is 4.21 Å². The van der Waals surface area contributed by atoms with Crippen LogP contribution in [0.1, 0.15) is 5.56 Å². The maximum atomic E-state index is 10.4. The molecule has 1 aromatic rings. The van der Waals surface area contributed by atoms with Crippen LogP contribution in [0.25, 0.3) is 0 Å². The Morgan fingerprint density at radius 2 is 2.21 bits per heavy atom. The molecule has 0 aromatic heterocycles. The van der Waals surface area contributed by atoms with Gasteiger partial charge < -0.3 is 4.18 Å². The largest absolute Gasteiger partial charge is 0.380 e. The number of nitrogens with zero attached hydrogens (tertiary/aromatic N) is 1. The third kappa shape index (κ3) is 2.51. The van der Waals surface area contributed by atoms with E-state index < -0.39 is 16.3 Å². The summed E-state index contributed by atoms with van der Waals surface area (Å²) < 4.78 is 23.2. The summed E-state index contributed by atoms with van der Waals surface area (Å²) in [7, 11) is 0. The number of non-ortho nitro benzene ring substituents is 1. The molecule has 7 heteroatoms. The summed E-state index contributed by atoms with van der Waals surface area (Å²) in [6.45, 7) is 1.62. The van der Waals surface area contributed by atoms with E-state index in [0.717, 1.165) is 6.07 Å². The highest BCUT2D eigenvalue weighted by atomic mass is 32.2. The molecule has 76 valence electrons. The lowest BCUT2D eigenvalue weighted by Gasteiger charge is -2.02. The maximum Gasteiger partial charge on any atom is 0.357 e. The number of nitro groups is 1. The van der Waals surface area contributed by atoms with Crippen molar-refractivity contribution in [2.75, 3.05) is 0 Å². The number of benzene rings is 1. The van der Waals surface area contributed by atoms with E-state index in [9.17, 15) is 14.3 Å². The molecule has 0 saturated carbocycles. The number of rotatable bonds is 3. The van der Waals surface area contributed by atoms with Crippen LogP contribution in [-0.4, -0.2) is 13.7 Å². The van der Waals surface area contributed by atoms with E-state index in [1.807, 2.05) is 0 Å². The zero-order valence-corrected chi connectivity index (χ0v) is 7.98. The highest BCUT2D eigenvalue weighted by Crippen LogP contribution is 2.24. The van der Waals surface area contributed by atoms with Crippen molar-refractivity contribution in [1.29, 1.82) is 0 Å². The summed E-state index contributed by atoms with van der Waals surface area (Å²) in [4.78, 5) is 9.76. The fourth-order valence-electron chi connectivity index (χ4n) is 0.869. The molecule has 0 aliphatic rings. The van der Waals surface area contributed by atoms with Gasteiger partial charge in [-0.1, -0.05) is 0 Å². The van der Waals surface area contributed by atoms with Gasteiger partial charge in [-0.25, -0.2) is 0 Å². The Morgan fingerprint density at radius 1 is 1.57 bits per heavy atom. The summed E-state index contributed by atoms with van der Waals surface area (Å²) in [5, 5.41) is 10.4. The molecule has 14 heavy (non-hydrogen) atoms. The van der Waals surface area contributed by atoms with Crippen LogP contribution in [0.5, 0.6) is 5.75 Å². The first kappa shape index (κ1) is 10.6. The van der Waals surface area contributed by atoms with Gasteiger partial charge in [0.15, 0.2) is 5.75 Å². The molecule has 1 N–H and O–H groups in total. The summed E-state index contributed by atoms with van der Waals surface area (Å²) in [5.41, 5.74) is 0.369. The van der Waals surface area contributed by atoms with E-state index in [1.165, 1.54) is 12.1 Å². The van der Waals surface area contributed by atoms with Crippen molar-refractivity contribution in [3.8, 4) is 5.75 Å². The van der Waals surface area contributed by atoms with Crippen LogP contribution in [0, 0.1) is 17.0 Å². The van der Waals surface area contributed by atoms with Crippen molar-refractivity contribution >= 4 is 17.0 Å². The Labute approximate surface area is 82.1 Å². The number of aryl methyl sites for hydroxylation is 1. The van der Waals surface area contributed by atoms with Gasteiger partial charge in [-0.15, -0.1) is 0 Å². The first-order valence-corrected chi connectivity index (χ1v) is 4.58. The predicted molar refractivity (Wildman–Crippen MR) is 49.2 cm³/mol. The van der Waals surface area contributed by atoms with Gasteiger partial charge in [0.05, 0.1) is 11.0 Å². The molecule has 0 bridgehead atoms. The molecule has 0 radical (unpaired) electrons. The molecule has 0 aliphatic carbocycles. The lowest BCUT2D eigenvalue weighted by molar-refractivity contribution is -0.384. The lowest BCUT2D eigenvalue weighted by Crippen LogP contribution is -2.00. The molecule has 0 aliphatic heterocycles. The minimum absolute atomic E-state index is 0.0278. The van der Waals surface area contributed by atoms with E-state index >= 15 is 0 Å². The molecule has 1 aromatic carbocycles. The Balaban J connectivity index is 3.08. The minimum Gasteiger partial charge on any atom is -0.380 e. The van der Waals surface area contributed by atoms with Crippen LogP contribution in [0.4, 0.5) is 5.69 Å². The molecule has 6 nitrogen and oxygen atoms in total. The highest BCUT2D eigenvalue weighted by Gasteiger charge is 2.10. The summed E-state index contributed by atoms with van der Waals surface area (Å²) in [5.74, 6) is 0.0278. The average molecular weight is 217 g/mol. The average Bonchev–Trinajstić information content (AvgIpc) is 2.07. The van der Waals surface area contributed by atoms with Crippen molar-refractivity contribution in [3.63, 3.8) is 0 Å². The SMILES string of the molecule is Cc1ccc([N+](=O)[O-])cc1OS(=O)O. The summed E-state index contributed by atoms with van der Waals surface area (Å²) in [6.07, 6.45) is 0. The third-order valence-corrected chi connectivity index (χ3v) is 1.87. The Kier molecular flexibility index (Phi) is 3.15. The monoisotopic (exact) mass is 217 g/mol. The number of hydrogen-bond acceptors (Lipinski definition) is 4. The number of hydrogen-bond donors (Lipinski definition) is 1. The van der Waals surface area contributed by atoms with E-state index in [4.69, 9.17) is 4.55 Å². The predicted octanol–water partition coefficient (Wildman–Crippen LogP) is 1.42. The Morgan fingerprint density at radius 3 is 2.71 bits per heavy atom. The first-order valence-electron chi connectivity index (χ1n) is 3.55. The fraction of sp³-hybridized carbons (Fsp3) is 0.143. The maximum absolute atomic E-state index is 10.4. The lowest BCUT2D eigenvalue weighted by atomic mass is 10.2. The molecular weight excluding hydrogens is 210 g/mol. The van der Waals surface area contributed by atoms with Crippen LogP contribution < -0.4 is 4.18 Å². The van der Waals surface area contributed by atoms with E-state index in [0.29, 0.717) is 5.56 Å². The van der Waals surface area contributed by atoms with Gasteiger partial charge in [0, 0.05) is 6.07 Å². The van der Waals surface area contributed by atoms with Crippen LogP contribution in [-0.2, 0) is 11.4 Å². The fourth-order valence-corrected chi connectivity index (χ4v) is 1.20. The Bertz CT molecular complexity index is 392. The molecule has 0 spiro atoms. The minimum atomic E-state index is -2.47. The second kappa shape index (κ2) is 4.16.